The van der Waals surface area contributed by atoms with Gasteiger partial charge in [0, 0.05) is 19.6 Å². The van der Waals surface area contributed by atoms with E-state index in [2.05, 4.69) is 5.32 Å². The van der Waals surface area contributed by atoms with E-state index in [1.807, 2.05) is 27.7 Å². The van der Waals surface area contributed by atoms with E-state index in [-0.39, 0.29) is 12.1 Å². The monoisotopic (exact) mass is 244 g/mol. The lowest BCUT2D eigenvalue weighted by molar-refractivity contribution is 0.0109. The molecule has 2 unspecified atom stereocenters. The number of hydrogen-bond acceptors (Lipinski definition) is 4. The van der Waals surface area contributed by atoms with Crippen LogP contribution in [-0.4, -0.2) is 53.5 Å². The highest BCUT2D eigenvalue weighted by molar-refractivity contribution is 5.68. The number of hydrogen-bond donors (Lipinski definition) is 2. The van der Waals surface area contributed by atoms with Crippen molar-refractivity contribution < 1.29 is 14.6 Å². The third kappa shape index (κ3) is 4.52. The molecule has 1 heterocycles. The highest BCUT2D eigenvalue weighted by Crippen LogP contribution is 2.12. The summed E-state index contributed by atoms with van der Waals surface area (Å²) in [5, 5.41) is 13.0. The molecule has 0 saturated carbocycles. The van der Waals surface area contributed by atoms with Gasteiger partial charge in [0.25, 0.3) is 0 Å². The Balaban J connectivity index is 2.52. The van der Waals surface area contributed by atoms with Gasteiger partial charge in [0.05, 0.1) is 12.1 Å². The molecular formula is C12H24N2O3. The molecule has 2 N–H and O–H groups in total. The molecule has 5 nitrogen and oxygen atoms in total. The summed E-state index contributed by atoms with van der Waals surface area (Å²) in [5.74, 6) is 0. The zero-order chi connectivity index (χ0) is 13.1. The first kappa shape index (κ1) is 14.3. The number of nitrogens with one attached hydrogen (secondary N) is 1. The fourth-order valence-electron chi connectivity index (χ4n) is 1.81. The molecule has 17 heavy (non-hydrogen) atoms. The summed E-state index contributed by atoms with van der Waals surface area (Å²) in [6, 6.07) is -0.0544. The Morgan fingerprint density at radius 2 is 2.24 bits per heavy atom. The number of aliphatic hydroxyl groups is 1. The lowest BCUT2D eigenvalue weighted by Gasteiger charge is -2.36. The fourth-order valence-corrected chi connectivity index (χ4v) is 1.81. The van der Waals surface area contributed by atoms with Crippen LogP contribution >= 0.6 is 0 Å². The molecule has 0 aromatic carbocycles. The average molecular weight is 244 g/mol. The maximum atomic E-state index is 11.9. The number of nitrogens with zero attached hydrogens (tertiary/aromatic N) is 1. The van der Waals surface area contributed by atoms with Crippen LogP contribution in [0.1, 0.15) is 34.1 Å². The van der Waals surface area contributed by atoms with Crippen LogP contribution in [0.5, 0.6) is 0 Å². The maximum absolute atomic E-state index is 11.9. The molecule has 1 aliphatic rings. The van der Waals surface area contributed by atoms with Gasteiger partial charge in [-0.25, -0.2) is 4.79 Å². The van der Waals surface area contributed by atoms with Gasteiger partial charge in [0.15, 0.2) is 0 Å². The molecule has 5 heteroatoms. The molecule has 0 bridgehead atoms. The number of aliphatic hydroxyl groups excluding tert-OH is 1. The zero-order valence-electron chi connectivity index (χ0n) is 11.2. The molecule has 0 aromatic rings. The SMILES string of the molecule is CCC(O)C1CN(C(=O)OC(C)(C)C)CCN1. The fraction of sp³-hybridized carbons (Fsp3) is 0.917. The summed E-state index contributed by atoms with van der Waals surface area (Å²) >= 11 is 0. The Kier molecular flexibility index (Phi) is 4.77. The molecule has 2 atom stereocenters. The first-order valence-electron chi connectivity index (χ1n) is 6.23. The molecule has 1 rings (SSSR count). The van der Waals surface area contributed by atoms with E-state index in [1.165, 1.54) is 0 Å². The standard InChI is InChI=1S/C12H24N2O3/c1-5-10(15)9-8-14(7-6-13-9)11(16)17-12(2,3)4/h9-10,13,15H,5-8H2,1-4H3. The van der Waals surface area contributed by atoms with E-state index in [0.29, 0.717) is 26.1 Å². The van der Waals surface area contributed by atoms with Gasteiger partial charge in [-0.1, -0.05) is 6.92 Å². The summed E-state index contributed by atoms with van der Waals surface area (Å²) in [4.78, 5) is 13.5. The molecule has 0 aliphatic carbocycles. The predicted molar refractivity (Wildman–Crippen MR) is 65.9 cm³/mol. The quantitative estimate of drug-likeness (QED) is 0.759. The second-order valence-electron chi connectivity index (χ2n) is 5.46. The van der Waals surface area contributed by atoms with Gasteiger partial charge in [-0.15, -0.1) is 0 Å². The first-order valence-corrected chi connectivity index (χ1v) is 6.23. The number of carbonyl (C=O) groups excluding carboxylic acids is 1. The Morgan fingerprint density at radius 3 is 2.76 bits per heavy atom. The van der Waals surface area contributed by atoms with Gasteiger partial charge in [0.1, 0.15) is 5.60 Å². The molecule has 1 aliphatic heterocycles. The van der Waals surface area contributed by atoms with Crippen LogP contribution in [0.4, 0.5) is 4.79 Å². The van der Waals surface area contributed by atoms with E-state index in [4.69, 9.17) is 4.74 Å². The Hall–Kier alpha value is -0.810. The van der Waals surface area contributed by atoms with Crippen molar-refractivity contribution in [2.24, 2.45) is 0 Å². The third-order valence-electron chi connectivity index (χ3n) is 2.74. The van der Waals surface area contributed by atoms with Crippen molar-refractivity contribution in [1.29, 1.82) is 0 Å². The zero-order valence-corrected chi connectivity index (χ0v) is 11.2. The molecule has 1 fully saturated rings. The third-order valence-corrected chi connectivity index (χ3v) is 2.74. The molecule has 0 radical (unpaired) electrons. The number of carbonyl (C=O) groups is 1. The Labute approximate surface area is 103 Å². The van der Waals surface area contributed by atoms with Crippen molar-refractivity contribution >= 4 is 6.09 Å². The van der Waals surface area contributed by atoms with Crippen molar-refractivity contribution in [2.75, 3.05) is 19.6 Å². The minimum Gasteiger partial charge on any atom is -0.444 e. The normalized spacial score (nSPS) is 23.4. The minimum absolute atomic E-state index is 0.0544. The number of rotatable bonds is 2. The summed E-state index contributed by atoms with van der Waals surface area (Å²) in [5.41, 5.74) is -0.471. The van der Waals surface area contributed by atoms with E-state index in [9.17, 15) is 9.90 Å². The highest BCUT2D eigenvalue weighted by Gasteiger charge is 2.29. The molecule has 0 aromatic heterocycles. The van der Waals surface area contributed by atoms with Crippen LogP contribution in [0.3, 0.4) is 0 Å². The van der Waals surface area contributed by atoms with Crippen LogP contribution in [0.15, 0.2) is 0 Å². The lowest BCUT2D eigenvalue weighted by Crippen LogP contribution is -2.57. The summed E-state index contributed by atoms with van der Waals surface area (Å²) < 4.78 is 5.32. The molecule has 0 spiro atoms. The topological polar surface area (TPSA) is 61.8 Å². The van der Waals surface area contributed by atoms with Crippen molar-refractivity contribution in [3.8, 4) is 0 Å². The van der Waals surface area contributed by atoms with Gasteiger partial charge >= 0.3 is 6.09 Å². The molecular weight excluding hydrogens is 220 g/mol. The van der Waals surface area contributed by atoms with Crippen LogP contribution in [0.2, 0.25) is 0 Å². The lowest BCUT2D eigenvalue weighted by atomic mass is 10.1. The first-order chi connectivity index (χ1) is 7.83. The van der Waals surface area contributed by atoms with Gasteiger partial charge in [0.2, 0.25) is 0 Å². The average Bonchev–Trinajstić information content (AvgIpc) is 2.26. The molecule has 100 valence electrons. The van der Waals surface area contributed by atoms with Crippen molar-refractivity contribution in [2.45, 2.75) is 51.9 Å². The van der Waals surface area contributed by atoms with Crippen LogP contribution in [-0.2, 0) is 4.74 Å². The number of piperazine rings is 1. The van der Waals surface area contributed by atoms with Crippen molar-refractivity contribution in [1.82, 2.24) is 10.2 Å². The molecule has 1 amide bonds. The second kappa shape index (κ2) is 5.69. The van der Waals surface area contributed by atoms with Crippen LogP contribution in [0, 0.1) is 0 Å². The maximum Gasteiger partial charge on any atom is 0.410 e. The van der Waals surface area contributed by atoms with Gasteiger partial charge in [-0.05, 0) is 27.2 Å². The van der Waals surface area contributed by atoms with E-state index < -0.39 is 11.7 Å². The van der Waals surface area contributed by atoms with Gasteiger partial charge in [-0.2, -0.15) is 0 Å². The van der Waals surface area contributed by atoms with Crippen molar-refractivity contribution in [3.05, 3.63) is 0 Å². The van der Waals surface area contributed by atoms with Crippen LogP contribution < -0.4 is 5.32 Å². The number of amides is 1. The number of ether oxygens (including phenoxy) is 1. The van der Waals surface area contributed by atoms with Crippen LogP contribution in [0.25, 0.3) is 0 Å². The molecule has 1 saturated heterocycles. The summed E-state index contributed by atoms with van der Waals surface area (Å²) in [6.45, 7) is 9.31. The largest absolute Gasteiger partial charge is 0.444 e. The highest BCUT2D eigenvalue weighted by atomic mass is 16.6. The second-order valence-corrected chi connectivity index (χ2v) is 5.46. The summed E-state index contributed by atoms with van der Waals surface area (Å²) in [6.07, 6.45) is -0.0349. The van der Waals surface area contributed by atoms with E-state index >= 15 is 0 Å². The van der Waals surface area contributed by atoms with Gasteiger partial charge < -0.3 is 20.1 Å². The summed E-state index contributed by atoms with van der Waals surface area (Å²) in [7, 11) is 0. The smallest absolute Gasteiger partial charge is 0.410 e. The minimum atomic E-state index is -0.471. The van der Waals surface area contributed by atoms with E-state index in [0.717, 1.165) is 0 Å². The van der Waals surface area contributed by atoms with Crippen molar-refractivity contribution in [3.63, 3.8) is 0 Å². The Morgan fingerprint density at radius 1 is 1.59 bits per heavy atom. The van der Waals surface area contributed by atoms with E-state index in [1.54, 1.807) is 4.90 Å². The Bertz CT molecular complexity index is 263. The van der Waals surface area contributed by atoms with Gasteiger partial charge in [-0.3, -0.25) is 0 Å². The predicted octanol–water partition coefficient (Wildman–Crippen LogP) is 0.966.